The van der Waals surface area contributed by atoms with Crippen molar-refractivity contribution in [3.63, 3.8) is 0 Å². The van der Waals surface area contributed by atoms with Crippen LogP contribution in [0.1, 0.15) is 22.9 Å². The molecule has 0 saturated carbocycles. The van der Waals surface area contributed by atoms with Gasteiger partial charge in [-0.2, -0.15) is 0 Å². The minimum atomic E-state index is -0.272. The molecule has 1 aromatic heterocycles. The van der Waals surface area contributed by atoms with E-state index in [0.29, 0.717) is 5.84 Å². The smallest absolute Gasteiger partial charge is 0.159 e. The van der Waals surface area contributed by atoms with E-state index in [1.54, 1.807) is 0 Å². The summed E-state index contributed by atoms with van der Waals surface area (Å²) in [6, 6.07) is 66.7. The molecule has 0 aliphatic carbocycles. The van der Waals surface area contributed by atoms with E-state index >= 15 is 0 Å². The third-order valence-corrected chi connectivity index (χ3v) is 11.3. The first-order valence-corrected chi connectivity index (χ1v) is 19.1. The Kier molecular flexibility index (Phi) is 7.42. The van der Waals surface area contributed by atoms with Gasteiger partial charge in [-0.05, 0) is 90.5 Å². The number of benzene rings is 9. The molecular formula is C52H35N3O. The van der Waals surface area contributed by atoms with Crippen LogP contribution >= 0.6 is 0 Å². The normalized spacial score (nSPS) is 14.5. The van der Waals surface area contributed by atoms with Gasteiger partial charge in [-0.25, -0.2) is 9.98 Å². The fraction of sp³-hybridized carbons (Fsp3) is 0.0385. The van der Waals surface area contributed by atoms with Crippen LogP contribution in [0.5, 0.6) is 0 Å². The molecule has 0 fully saturated rings. The highest BCUT2D eigenvalue weighted by molar-refractivity contribution is 6.26. The van der Waals surface area contributed by atoms with Gasteiger partial charge >= 0.3 is 0 Å². The van der Waals surface area contributed by atoms with Crippen molar-refractivity contribution in [3.8, 4) is 22.3 Å². The SMILES string of the molecule is CN1C(c2cccc3oc4ccc(-c5ccc6c7ccccc7c7ccccc7c6c5)cc4c23)=NC(c2cccc(-c3ccccc3)c2)=NC1c1ccccc1. The zero-order chi connectivity index (χ0) is 37.2. The van der Waals surface area contributed by atoms with E-state index in [2.05, 4.69) is 188 Å². The molecule has 9 aromatic carbocycles. The maximum atomic E-state index is 6.57. The second-order valence-electron chi connectivity index (χ2n) is 14.6. The summed E-state index contributed by atoms with van der Waals surface area (Å²) >= 11 is 0. The van der Waals surface area contributed by atoms with E-state index in [9.17, 15) is 0 Å². The van der Waals surface area contributed by atoms with Gasteiger partial charge < -0.3 is 9.32 Å². The molecule has 56 heavy (non-hydrogen) atoms. The lowest BCUT2D eigenvalue weighted by molar-refractivity contribution is 0.383. The highest BCUT2D eigenvalue weighted by Gasteiger charge is 2.29. The Balaban J connectivity index is 1.08. The van der Waals surface area contributed by atoms with Gasteiger partial charge in [0.25, 0.3) is 0 Å². The van der Waals surface area contributed by atoms with Gasteiger partial charge in [-0.15, -0.1) is 0 Å². The molecule has 4 heteroatoms. The largest absolute Gasteiger partial charge is 0.456 e. The van der Waals surface area contributed by atoms with E-state index < -0.39 is 0 Å². The Morgan fingerprint density at radius 3 is 1.71 bits per heavy atom. The number of fused-ring (bicyclic) bond motifs is 9. The van der Waals surface area contributed by atoms with Crippen LogP contribution in [0.2, 0.25) is 0 Å². The molecule has 0 radical (unpaired) electrons. The number of nitrogens with zero attached hydrogens (tertiary/aromatic N) is 3. The summed E-state index contributed by atoms with van der Waals surface area (Å²) in [7, 11) is 2.09. The molecule has 0 bridgehead atoms. The summed E-state index contributed by atoms with van der Waals surface area (Å²) in [4.78, 5) is 12.9. The standard InChI is InChI=1S/C52H35N3O/c1-55-51(34-16-6-3-7-17-34)53-50(38-19-12-18-35(30-38)33-14-4-2-5-15-33)54-52(55)44-24-13-25-48-49(44)46-32-37(27-29-47(46)56-48)36-26-28-43-41-22-9-8-20-39(41)40-21-10-11-23-42(40)45(43)31-36/h2-32,51H,1H3. The summed E-state index contributed by atoms with van der Waals surface area (Å²) in [5.74, 6) is 1.54. The Bertz CT molecular complexity index is 3180. The zero-order valence-electron chi connectivity index (χ0n) is 30.7. The minimum Gasteiger partial charge on any atom is -0.456 e. The van der Waals surface area contributed by atoms with Gasteiger partial charge in [0, 0.05) is 28.9 Å². The van der Waals surface area contributed by atoms with Gasteiger partial charge in [0.05, 0.1) is 0 Å². The summed E-state index contributed by atoms with van der Waals surface area (Å²) in [6.45, 7) is 0. The van der Waals surface area contributed by atoms with E-state index in [0.717, 1.165) is 66.7 Å². The van der Waals surface area contributed by atoms with Crippen LogP contribution in [0, 0.1) is 0 Å². The van der Waals surface area contributed by atoms with Crippen molar-refractivity contribution in [1.82, 2.24) is 4.90 Å². The van der Waals surface area contributed by atoms with Crippen molar-refractivity contribution < 1.29 is 4.42 Å². The number of amidine groups is 2. The summed E-state index contributed by atoms with van der Waals surface area (Å²) in [5.41, 5.74) is 9.33. The molecule has 264 valence electrons. The molecule has 1 aliphatic rings. The lowest BCUT2D eigenvalue weighted by atomic mass is 9.92. The number of aliphatic imine (C=N–C) groups is 2. The number of hydrogen-bond acceptors (Lipinski definition) is 4. The first kappa shape index (κ1) is 32.2. The van der Waals surface area contributed by atoms with E-state index in [1.807, 2.05) is 12.1 Å². The summed E-state index contributed by atoms with van der Waals surface area (Å²) in [5, 5.41) is 9.70. The molecule has 0 spiro atoms. The Labute approximate surface area is 324 Å². The molecular weight excluding hydrogens is 683 g/mol. The zero-order valence-corrected chi connectivity index (χ0v) is 30.7. The Morgan fingerprint density at radius 1 is 0.429 bits per heavy atom. The Morgan fingerprint density at radius 2 is 0.982 bits per heavy atom. The van der Waals surface area contributed by atoms with Gasteiger partial charge in [-0.1, -0.05) is 158 Å². The first-order chi connectivity index (χ1) is 27.7. The molecule has 0 saturated heterocycles. The highest BCUT2D eigenvalue weighted by Crippen LogP contribution is 2.40. The topological polar surface area (TPSA) is 41.1 Å². The lowest BCUT2D eigenvalue weighted by Crippen LogP contribution is -2.35. The average molecular weight is 718 g/mol. The monoisotopic (exact) mass is 717 g/mol. The lowest BCUT2D eigenvalue weighted by Gasteiger charge is -2.32. The van der Waals surface area contributed by atoms with Crippen LogP contribution in [0.25, 0.3) is 76.5 Å². The quantitative estimate of drug-likeness (QED) is 0.166. The second-order valence-corrected chi connectivity index (χ2v) is 14.6. The van der Waals surface area contributed by atoms with Crippen molar-refractivity contribution in [2.24, 2.45) is 9.98 Å². The van der Waals surface area contributed by atoms with Crippen LogP contribution in [-0.2, 0) is 0 Å². The van der Waals surface area contributed by atoms with Gasteiger partial charge in [0.15, 0.2) is 5.84 Å². The van der Waals surface area contributed by atoms with Gasteiger partial charge in [-0.3, -0.25) is 0 Å². The fourth-order valence-electron chi connectivity index (χ4n) is 8.59. The molecule has 0 N–H and O–H groups in total. The second kappa shape index (κ2) is 12.9. The van der Waals surface area contributed by atoms with Crippen LogP contribution in [0.15, 0.2) is 202 Å². The van der Waals surface area contributed by atoms with E-state index in [-0.39, 0.29) is 6.17 Å². The summed E-state index contributed by atoms with van der Waals surface area (Å²) < 4.78 is 6.57. The van der Waals surface area contributed by atoms with Gasteiger partial charge in [0.2, 0.25) is 0 Å². The molecule has 1 atom stereocenters. The molecule has 1 aliphatic heterocycles. The number of rotatable bonds is 5. The number of hydrogen-bond donors (Lipinski definition) is 0. The average Bonchev–Trinajstić information content (AvgIpc) is 3.65. The fourth-order valence-corrected chi connectivity index (χ4v) is 8.59. The molecule has 1 unspecified atom stereocenters. The molecule has 4 nitrogen and oxygen atoms in total. The third-order valence-electron chi connectivity index (χ3n) is 11.3. The van der Waals surface area contributed by atoms with Crippen molar-refractivity contribution in [1.29, 1.82) is 0 Å². The van der Waals surface area contributed by atoms with Crippen LogP contribution < -0.4 is 0 Å². The first-order valence-electron chi connectivity index (χ1n) is 19.1. The van der Waals surface area contributed by atoms with E-state index in [1.165, 1.54) is 32.3 Å². The molecule has 2 heterocycles. The molecule has 0 amide bonds. The molecule has 11 rings (SSSR count). The minimum absolute atomic E-state index is 0.272. The van der Waals surface area contributed by atoms with Gasteiger partial charge in [0.1, 0.15) is 23.2 Å². The highest BCUT2D eigenvalue weighted by atomic mass is 16.3. The maximum Gasteiger partial charge on any atom is 0.159 e. The van der Waals surface area contributed by atoms with Crippen LogP contribution in [0.4, 0.5) is 0 Å². The molecule has 10 aromatic rings. The van der Waals surface area contributed by atoms with Crippen LogP contribution in [-0.4, -0.2) is 23.6 Å². The van der Waals surface area contributed by atoms with Crippen molar-refractivity contribution in [2.75, 3.05) is 7.05 Å². The van der Waals surface area contributed by atoms with Crippen molar-refractivity contribution in [2.45, 2.75) is 6.17 Å². The predicted molar refractivity (Wildman–Crippen MR) is 234 cm³/mol. The predicted octanol–water partition coefficient (Wildman–Crippen LogP) is 13.2. The van der Waals surface area contributed by atoms with E-state index in [4.69, 9.17) is 14.4 Å². The van der Waals surface area contributed by atoms with Crippen molar-refractivity contribution in [3.05, 3.63) is 205 Å². The number of furan rings is 1. The van der Waals surface area contributed by atoms with Crippen LogP contribution in [0.3, 0.4) is 0 Å². The third kappa shape index (κ3) is 5.22. The summed E-state index contributed by atoms with van der Waals surface area (Å²) in [6.07, 6.45) is -0.272. The van der Waals surface area contributed by atoms with Crippen molar-refractivity contribution >= 4 is 65.9 Å². The maximum absolute atomic E-state index is 6.57. The Hall–Kier alpha value is -7.30.